The molecule has 1 aliphatic rings. The number of guanidine groups is 1. The molecule has 9 heteroatoms. The van der Waals surface area contributed by atoms with Crippen molar-refractivity contribution >= 4 is 38.4 Å². The highest BCUT2D eigenvalue weighted by atomic mass is 79.9. The van der Waals surface area contributed by atoms with Crippen molar-refractivity contribution in [1.82, 2.24) is 9.88 Å². The van der Waals surface area contributed by atoms with Gasteiger partial charge in [0.1, 0.15) is 0 Å². The standard InChI is InChI=1S/C17H22BrN5O2S/c1-24-14-9-12(13(18)10-15(14)25-2)11-21-16(19)22-4-6-23(7-5-22)17-20-3-8-26-17/h3,8-10H,4-7,11H2,1-2H3,(H2,19,21). The third kappa shape index (κ3) is 4.21. The molecule has 0 atom stereocenters. The minimum Gasteiger partial charge on any atom is -0.493 e. The zero-order valence-corrected chi connectivity index (χ0v) is 17.2. The van der Waals surface area contributed by atoms with Gasteiger partial charge >= 0.3 is 0 Å². The van der Waals surface area contributed by atoms with Crippen molar-refractivity contribution in [1.29, 1.82) is 0 Å². The summed E-state index contributed by atoms with van der Waals surface area (Å²) in [7, 11) is 3.24. The number of thiazole rings is 1. The van der Waals surface area contributed by atoms with Crippen LogP contribution in [-0.4, -0.2) is 56.2 Å². The molecule has 0 aliphatic carbocycles. The van der Waals surface area contributed by atoms with Gasteiger partial charge in [0, 0.05) is 42.2 Å². The molecular formula is C17H22BrN5O2S. The van der Waals surface area contributed by atoms with Crippen molar-refractivity contribution in [3.8, 4) is 11.5 Å². The molecule has 0 bridgehead atoms. The molecular weight excluding hydrogens is 418 g/mol. The first-order chi connectivity index (χ1) is 12.6. The highest BCUT2D eigenvalue weighted by molar-refractivity contribution is 9.10. The summed E-state index contributed by atoms with van der Waals surface area (Å²) in [4.78, 5) is 13.3. The highest BCUT2D eigenvalue weighted by Crippen LogP contribution is 2.33. The third-order valence-electron chi connectivity index (χ3n) is 4.26. The van der Waals surface area contributed by atoms with Crippen LogP contribution in [0.3, 0.4) is 0 Å². The van der Waals surface area contributed by atoms with Crippen molar-refractivity contribution in [3.05, 3.63) is 33.7 Å². The van der Waals surface area contributed by atoms with Gasteiger partial charge in [0.05, 0.1) is 20.8 Å². The van der Waals surface area contributed by atoms with Crippen LogP contribution in [0.4, 0.5) is 5.13 Å². The molecule has 140 valence electrons. The predicted molar refractivity (Wildman–Crippen MR) is 108 cm³/mol. The van der Waals surface area contributed by atoms with Crippen LogP contribution in [0.15, 0.2) is 33.2 Å². The van der Waals surface area contributed by atoms with Gasteiger partial charge in [-0.25, -0.2) is 9.98 Å². The Morgan fingerprint density at radius 3 is 2.54 bits per heavy atom. The van der Waals surface area contributed by atoms with E-state index in [4.69, 9.17) is 15.2 Å². The van der Waals surface area contributed by atoms with Gasteiger partial charge in [0.25, 0.3) is 0 Å². The molecule has 0 unspecified atom stereocenters. The number of methoxy groups -OCH3 is 2. The van der Waals surface area contributed by atoms with E-state index in [0.717, 1.165) is 41.3 Å². The lowest BCUT2D eigenvalue weighted by atomic mass is 10.2. The molecule has 2 aromatic rings. The van der Waals surface area contributed by atoms with Gasteiger partial charge in [-0.1, -0.05) is 15.9 Å². The van der Waals surface area contributed by atoms with Crippen LogP contribution >= 0.6 is 27.3 Å². The van der Waals surface area contributed by atoms with Gasteiger partial charge in [-0.05, 0) is 17.7 Å². The first-order valence-corrected chi connectivity index (χ1v) is 9.89. The maximum atomic E-state index is 6.21. The van der Waals surface area contributed by atoms with Gasteiger partial charge in [0.2, 0.25) is 0 Å². The minimum absolute atomic E-state index is 0.472. The molecule has 1 aromatic carbocycles. The summed E-state index contributed by atoms with van der Waals surface area (Å²) in [6.07, 6.45) is 1.84. The number of aromatic nitrogens is 1. The Morgan fingerprint density at radius 2 is 1.92 bits per heavy atom. The van der Waals surface area contributed by atoms with Crippen LogP contribution < -0.4 is 20.1 Å². The van der Waals surface area contributed by atoms with Crippen LogP contribution in [0, 0.1) is 0 Å². The predicted octanol–water partition coefficient (Wildman–Crippen LogP) is 2.56. The lowest BCUT2D eigenvalue weighted by Gasteiger charge is -2.35. The maximum absolute atomic E-state index is 6.21. The number of anilines is 1. The lowest BCUT2D eigenvalue weighted by Crippen LogP contribution is -2.51. The Hall–Kier alpha value is -2.00. The van der Waals surface area contributed by atoms with Crippen molar-refractivity contribution < 1.29 is 9.47 Å². The summed E-state index contributed by atoms with van der Waals surface area (Å²) < 4.78 is 11.6. The van der Waals surface area contributed by atoms with Gasteiger partial charge in [-0.3, -0.25) is 0 Å². The molecule has 1 fully saturated rings. The van der Waals surface area contributed by atoms with E-state index < -0.39 is 0 Å². The van der Waals surface area contributed by atoms with E-state index in [9.17, 15) is 0 Å². The fourth-order valence-electron chi connectivity index (χ4n) is 2.78. The number of nitrogens with zero attached hydrogens (tertiary/aromatic N) is 4. The Bertz CT molecular complexity index is 761. The number of piperazine rings is 1. The van der Waals surface area contributed by atoms with E-state index in [0.29, 0.717) is 24.0 Å². The summed E-state index contributed by atoms with van der Waals surface area (Å²) in [6.45, 7) is 3.93. The Kier molecular flexibility index (Phi) is 6.20. The van der Waals surface area contributed by atoms with Gasteiger partial charge in [-0.2, -0.15) is 0 Å². The maximum Gasteiger partial charge on any atom is 0.191 e. The van der Waals surface area contributed by atoms with Gasteiger partial charge in [-0.15, -0.1) is 11.3 Å². The molecule has 3 rings (SSSR count). The van der Waals surface area contributed by atoms with Crippen LogP contribution in [0.5, 0.6) is 11.5 Å². The fourth-order valence-corrected chi connectivity index (χ4v) is 3.93. The summed E-state index contributed by atoms with van der Waals surface area (Å²) >= 11 is 5.22. The topological polar surface area (TPSA) is 76.2 Å². The number of ether oxygens (including phenoxy) is 2. The quantitative estimate of drug-likeness (QED) is 0.569. The molecule has 2 N–H and O–H groups in total. The zero-order valence-electron chi connectivity index (χ0n) is 14.8. The molecule has 0 saturated carbocycles. The second-order valence-electron chi connectivity index (χ2n) is 5.76. The van der Waals surface area contributed by atoms with Crippen LogP contribution in [0.2, 0.25) is 0 Å². The van der Waals surface area contributed by atoms with E-state index in [2.05, 4.69) is 35.7 Å². The van der Waals surface area contributed by atoms with E-state index in [1.54, 1.807) is 25.6 Å². The number of aliphatic imine (C=N–C) groups is 1. The smallest absolute Gasteiger partial charge is 0.191 e. The number of rotatable bonds is 5. The molecule has 1 saturated heterocycles. The first kappa shape index (κ1) is 18.8. The van der Waals surface area contributed by atoms with Crippen molar-refractivity contribution in [3.63, 3.8) is 0 Å². The normalized spacial score (nSPS) is 15.3. The minimum atomic E-state index is 0.472. The Balaban J connectivity index is 1.62. The van der Waals surface area contributed by atoms with Crippen molar-refractivity contribution in [2.24, 2.45) is 10.7 Å². The first-order valence-electron chi connectivity index (χ1n) is 8.22. The molecule has 26 heavy (non-hydrogen) atoms. The van der Waals surface area contributed by atoms with E-state index in [1.165, 1.54) is 0 Å². The number of hydrogen-bond acceptors (Lipinski definition) is 6. The summed E-state index contributed by atoms with van der Waals surface area (Å²) in [5.41, 5.74) is 7.20. The summed E-state index contributed by atoms with van der Waals surface area (Å²) in [5, 5.41) is 3.06. The van der Waals surface area contributed by atoms with Crippen LogP contribution in [0.25, 0.3) is 0 Å². The Morgan fingerprint density at radius 1 is 1.23 bits per heavy atom. The fraction of sp³-hybridized carbons (Fsp3) is 0.412. The average Bonchev–Trinajstić information content (AvgIpc) is 3.21. The molecule has 0 amide bonds. The second kappa shape index (κ2) is 8.59. The van der Waals surface area contributed by atoms with Crippen LogP contribution in [-0.2, 0) is 6.54 Å². The Labute approximate surface area is 165 Å². The second-order valence-corrected chi connectivity index (χ2v) is 7.49. The summed E-state index contributed by atoms with van der Waals surface area (Å²) in [6, 6.07) is 3.80. The van der Waals surface area contributed by atoms with E-state index in [-0.39, 0.29) is 0 Å². The number of halogens is 1. The average molecular weight is 440 g/mol. The van der Waals surface area contributed by atoms with Gasteiger partial charge < -0.3 is 25.0 Å². The van der Waals surface area contributed by atoms with E-state index in [1.807, 2.05) is 23.7 Å². The third-order valence-corrected chi connectivity index (χ3v) is 5.83. The molecule has 2 heterocycles. The van der Waals surface area contributed by atoms with E-state index >= 15 is 0 Å². The van der Waals surface area contributed by atoms with Crippen molar-refractivity contribution in [2.75, 3.05) is 45.3 Å². The number of benzene rings is 1. The monoisotopic (exact) mass is 439 g/mol. The number of nitrogens with two attached hydrogens (primary N) is 1. The summed E-state index contributed by atoms with van der Waals surface area (Å²) in [5.74, 6) is 1.92. The number of hydrogen-bond donors (Lipinski definition) is 1. The van der Waals surface area contributed by atoms with Crippen LogP contribution in [0.1, 0.15) is 5.56 Å². The van der Waals surface area contributed by atoms with Crippen molar-refractivity contribution in [2.45, 2.75) is 6.54 Å². The molecule has 0 radical (unpaired) electrons. The largest absolute Gasteiger partial charge is 0.493 e. The molecule has 1 aromatic heterocycles. The zero-order chi connectivity index (χ0) is 18.5. The molecule has 1 aliphatic heterocycles. The molecule has 7 nitrogen and oxygen atoms in total. The lowest BCUT2D eigenvalue weighted by molar-refractivity contribution is 0.354. The SMILES string of the molecule is COc1cc(Br)c(CN=C(N)N2CCN(c3nccs3)CC2)cc1OC. The highest BCUT2D eigenvalue weighted by Gasteiger charge is 2.20. The molecule has 0 spiro atoms. The van der Waals surface area contributed by atoms with Gasteiger partial charge in [0.15, 0.2) is 22.6 Å².